The zero-order valence-electron chi connectivity index (χ0n) is 16.8. The molecule has 28 heavy (non-hydrogen) atoms. The fraction of sp³-hybridized carbons (Fsp3) is 0.478. The van der Waals surface area contributed by atoms with Gasteiger partial charge in [0.1, 0.15) is 0 Å². The number of carbonyl (C=O) groups excluding carboxylic acids is 1. The van der Waals surface area contributed by atoms with E-state index in [0.29, 0.717) is 11.6 Å². The molecule has 5 nitrogen and oxygen atoms in total. The summed E-state index contributed by atoms with van der Waals surface area (Å²) in [5.74, 6) is 0.0850. The Morgan fingerprint density at radius 3 is 2.71 bits per heavy atom. The maximum absolute atomic E-state index is 12.8. The van der Waals surface area contributed by atoms with Crippen molar-refractivity contribution in [3.05, 3.63) is 65.5 Å². The van der Waals surface area contributed by atoms with Crippen molar-refractivity contribution < 1.29 is 9.53 Å². The molecule has 2 aliphatic heterocycles. The number of likely N-dealkylation sites (N-methyl/N-ethyl adjacent to an activating group) is 1. The molecule has 2 fully saturated rings. The van der Waals surface area contributed by atoms with E-state index in [1.54, 1.807) is 12.4 Å². The zero-order valence-corrected chi connectivity index (χ0v) is 16.8. The molecular weight excluding hydrogens is 350 g/mol. The molecule has 3 heterocycles. The minimum Gasteiger partial charge on any atom is -0.373 e. The summed E-state index contributed by atoms with van der Waals surface area (Å²) in [6.07, 6.45) is 6.31. The predicted octanol–water partition coefficient (Wildman–Crippen LogP) is 3.29. The zero-order chi connectivity index (χ0) is 19.6. The molecule has 5 heteroatoms. The van der Waals surface area contributed by atoms with Gasteiger partial charge in [-0.25, -0.2) is 0 Å². The molecule has 0 aliphatic carbocycles. The lowest BCUT2D eigenvalue weighted by Crippen LogP contribution is -2.47. The highest BCUT2D eigenvalue weighted by molar-refractivity contribution is 5.94. The smallest absolute Gasteiger partial charge is 0.255 e. The van der Waals surface area contributed by atoms with E-state index in [0.717, 1.165) is 51.1 Å². The number of likely N-dealkylation sites (tertiary alicyclic amines) is 1. The van der Waals surface area contributed by atoms with Crippen LogP contribution in [0.5, 0.6) is 0 Å². The van der Waals surface area contributed by atoms with Crippen LogP contribution in [0.2, 0.25) is 0 Å². The van der Waals surface area contributed by atoms with Gasteiger partial charge in [0.2, 0.25) is 0 Å². The van der Waals surface area contributed by atoms with E-state index in [1.807, 2.05) is 17.9 Å². The van der Waals surface area contributed by atoms with Gasteiger partial charge in [-0.15, -0.1) is 0 Å². The topological polar surface area (TPSA) is 45.7 Å². The molecule has 1 atom stereocenters. The molecule has 2 aromatic rings. The highest BCUT2D eigenvalue weighted by atomic mass is 16.5. The van der Waals surface area contributed by atoms with E-state index in [4.69, 9.17) is 4.74 Å². The molecule has 0 bridgehead atoms. The van der Waals surface area contributed by atoms with Crippen molar-refractivity contribution in [3.8, 4) is 0 Å². The highest BCUT2D eigenvalue weighted by Crippen LogP contribution is 2.38. The Bertz CT molecular complexity index is 816. The first-order valence-electron chi connectivity index (χ1n) is 10.1. The average molecular weight is 380 g/mol. The Labute approximate surface area is 167 Å². The number of benzene rings is 1. The van der Waals surface area contributed by atoms with Crippen LogP contribution in [0.25, 0.3) is 0 Å². The summed E-state index contributed by atoms with van der Waals surface area (Å²) in [6.45, 7) is 5.19. The van der Waals surface area contributed by atoms with Crippen LogP contribution in [0.4, 0.5) is 0 Å². The van der Waals surface area contributed by atoms with Crippen LogP contribution in [-0.2, 0) is 11.3 Å². The summed E-state index contributed by atoms with van der Waals surface area (Å²) >= 11 is 0. The van der Waals surface area contributed by atoms with Gasteiger partial charge in [0, 0.05) is 38.1 Å². The van der Waals surface area contributed by atoms with Crippen molar-refractivity contribution in [2.24, 2.45) is 0 Å². The number of ether oxygens (including phenoxy) is 1. The fourth-order valence-corrected chi connectivity index (χ4v) is 4.42. The summed E-state index contributed by atoms with van der Waals surface area (Å²) < 4.78 is 6.31. The molecule has 0 saturated carbocycles. The van der Waals surface area contributed by atoms with Crippen LogP contribution in [0.3, 0.4) is 0 Å². The monoisotopic (exact) mass is 379 g/mol. The Kier molecular flexibility index (Phi) is 5.47. The lowest BCUT2D eigenvalue weighted by Gasteiger charge is -2.39. The Balaban J connectivity index is 1.32. The first kappa shape index (κ1) is 19.1. The molecule has 1 aromatic heterocycles. The quantitative estimate of drug-likeness (QED) is 0.818. The SMILES string of the molecule is Cc1cncc(C(=O)N2CCC3(CC2)C[C@@H](N(C)Cc2ccccc2)CO3)c1. The predicted molar refractivity (Wildman–Crippen MR) is 109 cm³/mol. The Morgan fingerprint density at radius 1 is 1.25 bits per heavy atom. The molecule has 1 spiro atoms. The molecule has 2 saturated heterocycles. The lowest BCUT2D eigenvalue weighted by molar-refractivity contribution is -0.0393. The number of aromatic nitrogens is 1. The summed E-state index contributed by atoms with van der Waals surface area (Å²) in [5.41, 5.74) is 2.96. The van der Waals surface area contributed by atoms with Gasteiger partial charge in [-0.2, -0.15) is 0 Å². The summed E-state index contributed by atoms with van der Waals surface area (Å²) in [7, 11) is 2.18. The second-order valence-electron chi connectivity index (χ2n) is 8.30. The molecular formula is C23H29N3O2. The van der Waals surface area contributed by atoms with Gasteiger partial charge in [0.05, 0.1) is 17.8 Å². The molecule has 148 valence electrons. The maximum Gasteiger partial charge on any atom is 0.255 e. The number of piperidine rings is 1. The molecule has 0 N–H and O–H groups in total. The molecule has 2 aliphatic rings. The van der Waals surface area contributed by atoms with Gasteiger partial charge in [-0.05, 0) is 50.4 Å². The average Bonchev–Trinajstić information content (AvgIpc) is 3.13. The number of rotatable bonds is 4. The van der Waals surface area contributed by atoms with Crippen molar-refractivity contribution in [1.29, 1.82) is 0 Å². The largest absolute Gasteiger partial charge is 0.373 e. The van der Waals surface area contributed by atoms with Gasteiger partial charge >= 0.3 is 0 Å². The van der Waals surface area contributed by atoms with E-state index < -0.39 is 0 Å². The second kappa shape index (κ2) is 8.02. The van der Waals surface area contributed by atoms with Crippen molar-refractivity contribution in [1.82, 2.24) is 14.8 Å². The third-order valence-corrected chi connectivity index (χ3v) is 6.17. The van der Waals surface area contributed by atoms with Crippen LogP contribution in [0.1, 0.15) is 40.7 Å². The van der Waals surface area contributed by atoms with Crippen LogP contribution in [0, 0.1) is 6.92 Å². The second-order valence-corrected chi connectivity index (χ2v) is 8.30. The van der Waals surface area contributed by atoms with Crippen LogP contribution in [0.15, 0.2) is 48.8 Å². The Morgan fingerprint density at radius 2 is 2.00 bits per heavy atom. The van der Waals surface area contributed by atoms with E-state index in [-0.39, 0.29) is 11.5 Å². The number of carbonyl (C=O) groups is 1. The van der Waals surface area contributed by atoms with Gasteiger partial charge in [-0.3, -0.25) is 14.7 Å². The maximum atomic E-state index is 12.8. The van der Waals surface area contributed by atoms with Crippen molar-refractivity contribution in [2.75, 3.05) is 26.7 Å². The summed E-state index contributed by atoms with van der Waals surface area (Å²) in [5, 5.41) is 0. The number of hydrogen-bond donors (Lipinski definition) is 0. The van der Waals surface area contributed by atoms with E-state index in [1.165, 1.54) is 5.56 Å². The number of hydrogen-bond acceptors (Lipinski definition) is 4. The standard InChI is InChI=1S/C23H29N3O2/c1-18-12-20(15-24-14-18)22(27)26-10-8-23(9-11-26)13-21(17-28-23)25(2)16-19-6-4-3-5-7-19/h3-7,12,14-15,21H,8-11,13,16-17H2,1-2H3/t21-/m1/s1. The highest BCUT2D eigenvalue weighted by Gasteiger charge is 2.44. The molecule has 1 aromatic carbocycles. The number of aryl methyl sites for hydroxylation is 1. The van der Waals surface area contributed by atoms with Gasteiger partial charge in [-0.1, -0.05) is 30.3 Å². The molecule has 4 rings (SSSR count). The third-order valence-electron chi connectivity index (χ3n) is 6.17. The van der Waals surface area contributed by atoms with Crippen LogP contribution >= 0.6 is 0 Å². The molecule has 0 radical (unpaired) electrons. The minimum atomic E-state index is -0.0722. The van der Waals surface area contributed by atoms with Crippen molar-refractivity contribution >= 4 is 5.91 Å². The van der Waals surface area contributed by atoms with E-state index in [2.05, 4.69) is 47.3 Å². The van der Waals surface area contributed by atoms with Gasteiger partial charge in [0.15, 0.2) is 0 Å². The first-order valence-corrected chi connectivity index (χ1v) is 10.1. The number of amides is 1. The van der Waals surface area contributed by atoms with Crippen molar-refractivity contribution in [2.45, 2.75) is 44.4 Å². The Hall–Kier alpha value is -2.24. The minimum absolute atomic E-state index is 0.0722. The van der Waals surface area contributed by atoms with Crippen LogP contribution in [-0.4, -0.2) is 59.1 Å². The first-order chi connectivity index (χ1) is 13.5. The van der Waals surface area contributed by atoms with Crippen molar-refractivity contribution in [3.63, 3.8) is 0 Å². The number of nitrogens with zero attached hydrogens (tertiary/aromatic N) is 3. The van der Waals surface area contributed by atoms with Crippen LogP contribution < -0.4 is 0 Å². The summed E-state index contributed by atoms with van der Waals surface area (Å²) in [6, 6.07) is 12.9. The third kappa shape index (κ3) is 4.10. The van der Waals surface area contributed by atoms with Gasteiger partial charge in [0.25, 0.3) is 5.91 Å². The fourth-order valence-electron chi connectivity index (χ4n) is 4.42. The van der Waals surface area contributed by atoms with Gasteiger partial charge < -0.3 is 9.64 Å². The molecule has 1 amide bonds. The lowest BCUT2D eigenvalue weighted by atomic mass is 9.87. The molecule has 0 unspecified atom stereocenters. The number of pyridine rings is 1. The normalized spacial score (nSPS) is 21.4. The van der Waals surface area contributed by atoms with E-state index in [9.17, 15) is 4.79 Å². The summed E-state index contributed by atoms with van der Waals surface area (Å²) in [4.78, 5) is 21.3. The van der Waals surface area contributed by atoms with E-state index >= 15 is 0 Å².